The molecule has 6 heteroatoms. The van der Waals surface area contributed by atoms with Crippen LogP contribution in [0.3, 0.4) is 0 Å². The van der Waals surface area contributed by atoms with Gasteiger partial charge in [-0.05, 0) is 43.0 Å². The smallest absolute Gasteiger partial charge is 0.269 e. The van der Waals surface area contributed by atoms with E-state index in [0.29, 0.717) is 6.54 Å². The van der Waals surface area contributed by atoms with Crippen LogP contribution in [0.4, 0.5) is 5.69 Å². The molecule has 0 saturated heterocycles. The largest absolute Gasteiger partial charge is 0.325 e. The van der Waals surface area contributed by atoms with Crippen LogP contribution in [0, 0.1) is 10.1 Å². The third-order valence-electron chi connectivity index (χ3n) is 5.29. The molecule has 0 fully saturated rings. The molecule has 3 aromatic rings. The zero-order valence-electron chi connectivity index (χ0n) is 18.5. The highest BCUT2D eigenvalue weighted by Crippen LogP contribution is 2.24. The number of aryl methyl sites for hydroxylation is 1. The van der Waals surface area contributed by atoms with Gasteiger partial charge >= 0.3 is 0 Å². The lowest BCUT2D eigenvalue weighted by Gasteiger charge is -2.29. The lowest BCUT2D eigenvalue weighted by atomic mass is 10.1. The normalized spacial score (nSPS) is 11.9. The fraction of sp³-hybridized carbons (Fsp3) is 0.231. The predicted molar refractivity (Wildman–Crippen MR) is 129 cm³/mol. The van der Waals surface area contributed by atoms with Gasteiger partial charge in [0, 0.05) is 55.8 Å². The number of benzene rings is 2. The zero-order chi connectivity index (χ0) is 22.8. The second kappa shape index (κ2) is 11.6. The van der Waals surface area contributed by atoms with Crippen molar-refractivity contribution in [1.29, 1.82) is 0 Å². The fourth-order valence-electron chi connectivity index (χ4n) is 3.68. The van der Waals surface area contributed by atoms with Crippen molar-refractivity contribution >= 4 is 17.2 Å². The van der Waals surface area contributed by atoms with E-state index in [-0.39, 0.29) is 10.6 Å². The Morgan fingerprint density at radius 1 is 1.06 bits per heavy atom. The zero-order valence-corrected chi connectivity index (χ0v) is 18.5. The van der Waals surface area contributed by atoms with Crippen LogP contribution in [-0.4, -0.2) is 27.7 Å². The van der Waals surface area contributed by atoms with E-state index in [1.54, 1.807) is 18.3 Å². The first-order valence-electron chi connectivity index (χ1n) is 10.7. The maximum absolute atomic E-state index is 10.9. The van der Waals surface area contributed by atoms with Gasteiger partial charge in [0.25, 0.3) is 5.69 Å². The number of hydrogen-bond acceptors (Lipinski definition) is 4. The lowest BCUT2D eigenvalue weighted by Crippen LogP contribution is -2.29. The Balaban J connectivity index is 1.77. The molecule has 1 aromatic heterocycles. The molecule has 0 aliphatic rings. The average Bonchev–Trinajstić information content (AvgIpc) is 2.83. The molecule has 0 amide bonds. The van der Waals surface area contributed by atoms with Crippen LogP contribution in [0.2, 0.25) is 0 Å². The first-order valence-corrected chi connectivity index (χ1v) is 10.7. The Morgan fingerprint density at radius 3 is 2.41 bits per heavy atom. The first-order chi connectivity index (χ1) is 15.6. The molecule has 6 nitrogen and oxygen atoms in total. The van der Waals surface area contributed by atoms with Crippen LogP contribution in [-0.2, 0) is 13.0 Å². The molecule has 0 N–H and O–H groups in total. The summed E-state index contributed by atoms with van der Waals surface area (Å²) in [4.78, 5) is 21.7. The summed E-state index contributed by atoms with van der Waals surface area (Å²) in [5.41, 5.74) is 4.51. The summed E-state index contributed by atoms with van der Waals surface area (Å²) in [7, 11) is 1.83. The predicted octanol–water partition coefficient (Wildman–Crippen LogP) is 5.90. The molecule has 2 aromatic carbocycles. The first kappa shape index (κ1) is 22.9. The van der Waals surface area contributed by atoms with Crippen LogP contribution in [0.1, 0.15) is 36.5 Å². The standard InChI is InChI=1S/C26H28N4O2/c1-3-25(23-12-8-18-28-19-23)29(20-22-9-5-4-6-10-22)26(27-2)13-7-11-21-14-16-24(17-15-21)30(31)32/h3-6,8-10,12,14-19H,7,11,13,20H2,1-2H3/b25-3-,27-26?. The minimum absolute atomic E-state index is 0.118. The van der Waals surface area contributed by atoms with E-state index in [9.17, 15) is 10.1 Å². The maximum Gasteiger partial charge on any atom is 0.269 e. The number of hydrogen-bond donors (Lipinski definition) is 0. The number of aromatic nitrogens is 1. The molecule has 0 unspecified atom stereocenters. The molecule has 0 aliphatic carbocycles. The molecule has 0 atom stereocenters. The third kappa shape index (κ3) is 6.11. The van der Waals surface area contributed by atoms with Crippen molar-refractivity contribution in [2.45, 2.75) is 32.7 Å². The van der Waals surface area contributed by atoms with E-state index in [2.05, 4.69) is 39.2 Å². The Morgan fingerprint density at radius 2 is 1.81 bits per heavy atom. The number of rotatable bonds is 9. The van der Waals surface area contributed by atoms with Gasteiger partial charge in [0.2, 0.25) is 0 Å². The molecule has 3 rings (SSSR count). The van der Waals surface area contributed by atoms with E-state index in [4.69, 9.17) is 0 Å². The van der Waals surface area contributed by atoms with Gasteiger partial charge in [0.15, 0.2) is 0 Å². The summed E-state index contributed by atoms with van der Waals surface area (Å²) in [6.07, 6.45) is 8.25. The number of non-ortho nitro benzene ring substituents is 1. The fourth-order valence-corrected chi connectivity index (χ4v) is 3.68. The van der Waals surface area contributed by atoms with E-state index in [1.165, 1.54) is 5.56 Å². The second-order valence-corrected chi connectivity index (χ2v) is 7.40. The van der Waals surface area contributed by atoms with Gasteiger partial charge in [-0.25, -0.2) is 0 Å². The van der Waals surface area contributed by atoms with Crippen molar-refractivity contribution in [2.75, 3.05) is 7.05 Å². The third-order valence-corrected chi connectivity index (χ3v) is 5.29. The van der Waals surface area contributed by atoms with Crippen LogP contribution < -0.4 is 0 Å². The number of nitro groups is 1. The molecule has 0 radical (unpaired) electrons. The molecular weight excluding hydrogens is 400 g/mol. The highest BCUT2D eigenvalue weighted by atomic mass is 16.6. The Bertz CT molecular complexity index is 1060. The van der Waals surface area contributed by atoms with Crippen molar-refractivity contribution in [3.8, 4) is 0 Å². The molecule has 0 spiro atoms. The van der Waals surface area contributed by atoms with Gasteiger partial charge in [-0.2, -0.15) is 0 Å². The Kier molecular flexibility index (Phi) is 8.26. The monoisotopic (exact) mass is 428 g/mol. The molecule has 164 valence electrons. The van der Waals surface area contributed by atoms with Crippen molar-refractivity contribution in [1.82, 2.24) is 9.88 Å². The summed E-state index contributed by atoms with van der Waals surface area (Å²) < 4.78 is 0. The minimum atomic E-state index is -0.371. The van der Waals surface area contributed by atoms with Crippen molar-refractivity contribution in [2.24, 2.45) is 4.99 Å². The Labute approximate surface area is 189 Å². The maximum atomic E-state index is 10.9. The number of aliphatic imine (C=N–C) groups is 1. The molecular formula is C26H28N4O2. The van der Waals surface area contributed by atoms with E-state index in [0.717, 1.165) is 41.9 Å². The van der Waals surface area contributed by atoms with Crippen LogP contribution in [0.25, 0.3) is 5.70 Å². The van der Waals surface area contributed by atoms with Crippen molar-refractivity contribution < 1.29 is 4.92 Å². The van der Waals surface area contributed by atoms with E-state index >= 15 is 0 Å². The van der Waals surface area contributed by atoms with Crippen LogP contribution in [0.5, 0.6) is 0 Å². The number of amidine groups is 1. The average molecular weight is 429 g/mol. The summed E-state index contributed by atoms with van der Waals surface area (Å²) in [6, 6.07) is 21.1. The number of allylic oxidation sites excluding steroid dienone is 1. The SMILES string of the molecule is C/C=C(/c1cccnc1)N(Cc1ccccc1)C(CCCc1ccc([N+](=O)[O-])cc1)=NC. The molecule has 0 bridgehead atoms. The second-order valence-electron chi connectivity index (χ2n) is 7.40. The van der Waals surface area contributed by atoms with Gasteiger partial charge in [0.05, 0.1) is 4.92 Å². The van der Waals surface area contributed by atoms with Crippen LogP contribution in [0.15, 0.2) is 90.2 Å². The molecule has 32 heavy (non-hydrogen) atoms. The van der Waals surface area contributed by atoms with Crippen molar-refractivity contribution in [3.05, 3.63) is 112 Å². The van der Waals surface area contributed by atoms with Crippen molar-refractivity contribution in [3.63, 3.8) is 0 Å². The van der Waals surface area contributed by atoms with E-state index in [1.807, 2.05) is 56.6 Å². The summed E-state index contributed by atoms with van der Waals surface area (Å²) in [5, 5.41) is 10.9. The number of nitrogens with zero attached hydrogens (tertiary/aromatic N) is 4. The quantitative estimate of drug-likeness (QED) is 0.184. The highest BCUT2D eigenvalue weighted by Gasteiger charge is 2.18. The minimum Gasteiger partial charge on any atom is -0.325 e. The molecule has 0 saturated carbocycles. The number of pyridine rings is 1. The summed E-state index contributed by atoms with van der Waals surface area (Å²) in [5.74, 6) is 0.993. The topological polar surface area (TPSA) is 71.6 Å². The van der Waals surface area contributed by atoms with Gasteiger partial charge in [-0.3, -0.25) is 20.1 Å². The highest BCUT2D eigenvalue weighted by molar-refractivity contribution is 5.90. The lowest BCUT2D eigenvalue weighted by molar-refractivity contribution is -0.384. The van der Waals surface area contributed by atoms with Gasteiger partial charge in [-0.15, -0.1) is 0 Å². The van der Waals surface area contributed by atoms with Gasteiger partial charge < -0.3 is 4.90 Å². The van der Waals surface area contributed by atoms with E-state index < -0.39 is 0 Å². The summed E-state index contributed by atoms with van der Waals surface area (Å²) >= 11 is 0. The molecule has 0 aliphatic heterocycles. The number of nitro benzene ring substituents is 1. The molecule has 1 heterocycles. The summed E-state index contributed by atoms with van der Waals surface area (Å²) in [6.45, 7) is 2.74. The van der Waals surface area contributed by atoms with Gasteiger partial charge in [0.1, 0.15) is 5.84 Å². The Hall–Kier alpha value is -3.80. The van der Waals surface area contributed by atoms with Gasteiger partial charge in [-0.1, -0.05) is 48.5 Å². The van der Waals surface area contributed by atoms with Crippen LogP contribution >= 0.6 is 0 Å².